The molecule has 1 N–H and O–H groups in total. The molecule has 0 aromatic heterocycles. The SMILES string of the molecule is CC(CCCC(=O)c1ccccc1)C(O)c1ccccc1. The number of rotatable bonds is 7. The molecule has 2 atom stereocenters. The standard InChI is InChI=1S/C19H22O2/c1-15(19(21)17-12-6-3-7-13-17)9-8-14-18(20)16-10-4-2-5-11-16/h2-7,10-13,15,19,21H,8-9,14H2,1H3. The van der Waals surface area contributed by atoms with Gasteiger partial charge in [-0.25, -0.2) is 0 Å². The summed E-state index contributed by atoms with van der Waals surface area (Å²) in [5.74, 6) is 0.327. The van der Waals surface area contributed by atoms with Crippen LogP contribution in [0.1, 0.15) is 48.2 Å². The van der Waals surface area contributed by atoms with Gasteiger partial charge in [-0.15, -0.1) is 0 Å². The molecule has 0 aliphatic carbocycles. The zero-order valence-corrected chi connectivity index (χ0v) is 12.4. The molecule has 0 amide bonds. The van der Waals surface area contributed by atoms with E-state index in [-0.39, 0.29) is 11.7 Å². The Kier molecular flexibility index (Phi) is 5.70. The molecule has 0 saturated carbocycles. The van der Waals surface area contributed by atoms with Gasteiger partial charge in [0.05, 0.1) is 6.10 Å². The van der Waals surface area contributed by atoms with E-state index in [0.29, 0.717) is 6.42 Å². The van der Waals surface area contributed by atoms with Crippen LogP contribution in [-0.2, 0) is 0 Å². The maximum absolute atomic E-state index is 12.0. The van der Waals surface area contributed by atoms with Crippen LogP contribution >= 0.6 is 0 Å². The van der Waals surface area contributed by atoms with Crippen molar-refractivity contribution in [3.63, 3.8) is 0 Å². The van der Waals surface area contributed by atoms with Crippen LogP contribution in [0.5, 0.6) is 0 Å². The molecule has 0 fully saturated rings. The summed E-state index contributed by atoms with van der Waals surface area (Å²) < 4.78 is 0. The summed E-state index contributed by atoms with van der Waals surface area (Å²) in [6.45, 7) is 2.03. The highest BCUT2D eigenvalue weighted by Gasteiger charge is 2.16. The molecule has 2 heteroatoms. The van der Waals surface area contributed by atoms with Crippen molar-refractivity contribution in [2.45, 2.75) is 32.3 Å². The fourth-order valence-corrected chi connectivity index (χ4v) is 2.49. The van der Waals surface area contributed by atoms with Crippen LogP contribution in [0.15, 0.2) is 60.7 Å². The predicted octanol–water partition coefficient (Wildman–Crippen LogP) is 4.41. The maximum Gasteiger partial charge on any atom is 0.162 e. The van der Waals surface area contributed by atoms with E-state index in [4.69, 9.17) is 0 Å². The third-order valence-corrected chi connectivity index (χ3v) is 3.84. The first kappa shape index (κ1) is 15.5. The molecule has 0 bridgehead atoms. The van der Waals surface area contributed by atoms with Gasteiger partial charge < -0.3 is 5.11 Å². The van der Waals surface area contributed by atoms with Crippen molar-refractivity contribution in [2.24, 2.45) is 5.92 Å². The van der Waals surface area contributed by atoms with E-state index in [2.05, 4.69) is 0 Å². The lowest BCUT2D eigenvalue weighted by molar-refractivity contribution is 0.0949. The Morgan fingerprint density at radius 2 is 1.57 bits per heavy atom. The first-order chi connectivity index (χ1) is 10.2. The van der Waals surface area contributed by atoms with Gasteiger partial charge in [0, 0.05) is 12.0 Å². The molecule has 0 aliphatic heterocycles. The van der Waals surface area contributed by atoms with Gasteiger partial charge >= 0.3 is 0 Å². The highest BCUT2D eigenvalue weighted by atomic mass is 16.3. The molecule has 0 heterocycles. The van der Waals surface area contributed by atoms with Gasteiger partial charge in [0.15, 0.2) is 5.78 Å². The largest absolute Gasteiger partial charge is 0.388 e. The minimum atomic E-state index is -0.460. The van der Waals surface area contributed by atoms with Crippen LogP contribution in [0.25, 0.3) is 0 Å². The van der Waals surface area contributed by atoms with Crippen molar-refractivity contribution in [3.05, 3.63) is 71.8 Å². The van der Waals surface area contributed by atoms with Gasteiger partial charge in [-0.1, -0.05) is 67.6 Å². The van der Waals surface area contributed by atoms with Crippen molar-refractivity contribution in [1.82, 2.24) is 0 Å². The summed E-state index contributed by atoms with van der Waals surface area (Å²) in [6, 6.07) is 19.1. The fraction of sp³-hybridized carbons (Fsp3) is 0.316. The van der Waals surface area contributed by atoms with Gasteiger partial charge in [0.2, 0.25) is 0 Å². The Labute approximate surface area is 126 Å². The maximum atomic E-state index is 12.0. The summed E-state index contributed by atoms with van der Waals surface area (Å²) in [5, 5.41) is 10.3. The number of ketones is 1. The monoisotopic (exact) mass is 282 g/mol. The lowest BCUT2D eigenvalue weighted by atomic mass is 9.92. The highest BCUT2D eigenvalue weighted by molar-refractivity contribution is 5.95. The number of carbonyl (C=O) groups is 1. The summed E-state index contributed by atoms with van der Waals surface area (Å²) in [7, 11) is 0. The van der Waals surface area contributed by atoms with Crippen LogP contribution in [0.4, 0.5) is 0 Å². The van der Waals surface area contributed by atoms with Crippen molar-refractivity contribution in [3.8, 4) is 0 Å². The Bertz CT molecular complexity index is 548. The molecule has 21 heavy (non-hydrogen) atoms. The van der Waals surface area contributed by atoms with E-state index >= 15 is 0 Å². The van der Waals surface area contributed by atoms with Gasteiger partial charge in [0.25, 0.3) is 0 Å². The smallest absolute Gasteiger partial charge is 0.162 e. The van der Waals surface area contributed by atoms with Crippen molar-refractivity contribution < 1.29 is 9.90 Å². The number of aliphatic hydroxyl groups excluding tert-OH is 1. The van der Waals surface area contributed by atoms with Crippen LogP contribution in [0, 0.1) is 5.92 Å². The lowest BCUT2D eigenvalue weighted by Gasteiger charge is -2.19. The topological polar surface area (TPSA) is 37.3 Å². The second-order valence-corrected chi connectivity index (χ2v) is 5.51. The van der Waals surface area contributed by atoms with E-state index in [0.717, 1.165) is 24.0 Å². The number of hydrogen-bond acceptors (Lipinski definition) is 2. The van der Waals surface area contributed by atoms with E-state index in [9.17, 15) is 9.90 Å². The predicted molar refractivity (Wildman–Crippen MR) is 85.2 cm³/mol. The van der Waals surface area contributed by atoms with Crippen molar-refractivity contribution in [2.75, 3.05) is 0 Å². The molecule has 2 aromatic carbocycles. The van der Waals surface area contributed by atoms with Crippen molar-refractivity contribution in [1.29, 1.82) is 0 Å². The minimum Gasteiger partial charge on any atom is -0.388 e. The third kappa shape index (κ3) is 4.54. The normalized spacial score (nSPS) is 13.6. The zero-order valence-electron chi connectivity index (χ0n) is 12.4. The van der Waals surface area contributed by atoms with E-state index in [1.165, 1.54) is 0 Å². The van der Waals surface area contributed by atoms with Gasteiger partial charge in [-0.05, 0) is 24.3 Å². The Hall–Kier alpha value is -1.93. The van der Waals surface area contributed by atoms with Gasteiger partial charge in [-0.3, -0.25) is 4.79 Å². The molecule has 2 aromatic rings. The fourth-order valence-electron chi connectivity index (χ4n) is 2.49. The first-order valence-corrected chi connectivity index (χ1v) is 7.49. The quantitative estimate of drug-likeness (QED) is 0.764. The van der Waals surface area contributed by atoms with Crippen LogP contribution < -0.4 is 0 Å². The minimum absolute atomic E-state index is 0.149. The molecule has 110 valence electrons. The van der Waals surface area contributed by atoms with Crippen LogP contribution in [0.3, 0.4) is 0 Å². The first-order valence-electron chi connectivity index (χ1n) is 7.49. The summed E-state index contributed by atoms with van der Waals surface area (Å²) in [5.41, 5.74) is 1.72. The van der Waals surface area contributed by atoms with E-state index in [1.54, 1.807) is 0 Å². The molecule has 0 aliphatic rings. The highest BCUT2D eigenvalue weighted by Crippen LogP contribution is 2.25. The number of benzene rings is 2. The molecular weight excluding hydrogens is 260 g/mol. The number of carbonyl (C=O) groups excluding carboxylic acids is 1. The van der Waals surface area contributed by atoms with E-state index < -0.39 is 6.10 Å². The number of aliphatic hydroxyl groups is 1. The second kappa shape index (κ2) is 7.75. The summed E-state index contributed by atoms with van der Waals surface area (Å²) in [6.07, 6.45) is 1.72. The van der Waals surface area contributed by atoms with Crippen molar-refractivity contribution >= 4 is 5.78 Å². The number of hydrogen-bond donors (Lipinski definition) is 1. The lowest BCUT2D eigenvalue weighted by Crippen LogP contribution is -2.10. The summed E-state index contributed by atoms with van der Waals surface area (Å²) >= 11 is 0. The van der Waals surface area contributed by atoms with Crippen LogP contribution in [-0.4, -0.2) is 10.9 Å². The average Bonchev–Trinajstić information content (AvgIpc) is 2.55. The number of Topliss-reactive ketones (excluding diaryl/α,β-unsaturated/α-hetero) is 1. The Balaban J connectivity index is 1.79. The van der Waals surface area contributed by atoms with Gasteiger partial charge in [0.1, 0.15) is 0 Å². The second-order valence-electron chi connectivity index (χ2n) is 5.51. The molecule has 2 nitrogen and oxygen atoms in total. The molecule has 2 rings (SSSR count). The Morgan fingerprint density at radius 1 is 1.00 bits per heavy atom. The van der Waals surface area contributed by atoms with Crippen LogP contribution in [0.2, 0.25) is 0 Å². The third-order valence-electron chi connectivity index (χ3n) is 3.84. The Morgan fingerprint density at radius 3 is 2.19 bits per heavy atom. The molecule has 0 saturated heterocycles. The molecular formula is C19H22O2. The average molecular weight is 282 g/mol. The van der Waals surface area contributed by atoms with E-state index in [1.807, 2.05) is 67.6 Å². The molecule has 2 unspecified atom stereocenters. The molecule has 0 radical (unpaired) electrons. The summed E-state index contributed by atoms with van der Waals surface area (Å²) in [4.78, 5) is 12.0. The molecule has 0 spiro atoms. The zero-order chi connectivity index (χ0) is 15.1. The van der Waals surface area contributed by atoms with Gasteiger partial charge in [-0.2, -0.15) is 0 Å².